The molecule has 1 aromatic rings. The van der Waals surface area contributed by atoms with Crippen LogP contribution in [0.3, 0.4) is 0 Å². The third kappa shape index (κ3) is 3.71. The topological polar surface area (TPSA) is 49.4 Å². The van der Waals surface area contributed by atoms with Crippen molar-refractivity contribution in [3.63, 3.8) is 0 Å². The van der Waals surface area contributed by atoms with Crippen LogP contribution in [0.25, 0.3) is 0 Å². The van der Waals surface area contributed by atoms with E-state index in [2.05, 4.69) is 5.32 Å². The van der Waals surface area contributed by atoms with Gasteiger partial charge in [-0.2, -0.15) is 0 Å². The Morgan fingerprint density at radius 3 is 2.11 bits per heavy atom. The third-order valence-corrected chi connectivity index (χ3v) is 7.40. The number of hydrogen-bond acceptors (Lipinski definition) is 2. The number of para-hydroxylation sites is 1. The van der Waals surface area contributed by atoms with Crippen molar-refractivity contribution in [2.45, 2.75) is 39.0 Å². The minimum absolute atomic E-state index is 0.0414. The highest BCUT2D eigenvalue weighted by molar-refractivity contribution is 6.39. The SMILES string of the molecule is CCN(CC(=O)Nc1c(Cl)cccc1Cl)C(=O)C1C2CC3CC(C2)CC1C3. The van der Waals surface area contributed by atoms with Crippen molar-refractivity contribution in [1.82, 2.24) is 4.90 Å². The summed E-state index contributed by atoms with van der Waals surface area (Å²) in [4.78, 5) is 27.5. The molecule has 0 unspecified atom stereocenters. The molecule has 6 heteroatoms. The molecule has 4 nitrogen and oxygen atoms in total. The number of halogens is 2. The molecule has 4 aliphatic rings. The fraction of sp³-hybridized carbons (Fsp3) is 0.619. The van der Waals surface area contributed by atoms with E-state index >= 15 is 0 Å². The highest BCUT2D eigenvalue weighted by Gasteiger charge is 2.51. The van der Waals surface area contributed by atoms with Gasteiger partial charge < -0.3 is 10.2 Å². The van der Waals surface area contributed by atoms with E-state index in [1.165, 1.54) is 32.1 Å². The van der Waals surface area contributed by atoms with Gasteiger partial charge in [-0.15, -0.1) is 0 Å². The zero-order chi connectivity index (χ0) is 19.1. The lowest BCUT2D eigenvalue weighted by atomic mass is 9.51. The van der Waals surface area contributed by atoms with Gasteiger partial charge in [0, 0.05) is 12.5 Å². The average Bonchev–Trinajstić information content (AvgIpc) is 2.62. The number of nitrogens with zero attached hydrogens (tertiary/aromatic N) is 1. The minimum Gasteiger partial charge on any atom is -0.333 e. The number of nitrogens with one attached hydrogen (secondary N) is 1. The van der Waals surface area contributed by atoms with Crippen LogP contribution in [0.2, 0.25) is 10.0 Å². The number of carbonyl (C=O) groups is 2. The predicted molar refractivity (Wildman–Crippen MR) is 108 cm³/mol. The largest absolute Gasteiger partial charge is 0.333 e. The molecule has 4 bridgehead atoms. The minimum atomic E-state index is -0.260. The Labute approximate surface area is 170 Å². The quantitative estimate of drug-likeness (QED) is 0.756. The van der Waals surface area contributed by atoms with Gasteiger partial charge in [0.1, 0.15) is 0 Å². The Balaban J connectivity index is 1.43. The number of amides is 2. The molecule has 5 rings (SSSR count). The van der Waals surface area contributed by atoms with Crippen LogP contribution in [-0.4, -0.2) is 29.8 Å². The Morgan fingerprint density at radius 1 is 1.04 bits per heavy atom. The number of benzene rings is 1. The van der Waals surface area contributed by atoms with Gasteiger partial charge in [-0.3, -0.25) is 9.59 Å². The van der Waals surface area contributed by atoms with Crippen molar-refractivity contribution in [3.8, 4) is 0 Å². The molecule has 0 spiro atoms. The van der Waals surface area contributed by atoms with Crippen LogP contribution in [0.1, 0.15) is 39.0 Å². The van der Waals surface area contributed by atoms with Crippen LogP contribution < -0.4 is 5.32 Å². The third-order valence-electron chi connectivity index (χ3n) is 6.77. The Hall–Kier alpha value is -1.26. The van der Waals surface area contributed by atoms with Gasteiger partial charge in [-0.1, -0.05) is 29.3 Å². The summed E-state index contributed by atoms with van der Waals surface area (Å²) in [6.45, 7) is 2.51. The molecule has 0 saturated heterocycles. The first-order chi connectivity index (χ1) is 13.0. The van der Waals surface area contributed by atoms with Crippen molar-refractivity contribution in [1.29, 1.82) is 0 Å². The molecule has 27 heavy (non-hydrogen) atoms. The Morgan fingerprint density at radius 2 is 1.59 bits per heavy atom. The molecule has 4 fully saturated rings. The van der Waals surface area contributed by atoms with E-state index < -0.39 is 0 Å². The van der Waals surface area contributed by atoms with Gasteiger partial charge in [0.25, 0.3) is 0 Å². The normalized spacial score (nSPS) is 31.0. The molecule has 0 radical (unpaired) electrons. The second-order valence-electron chi connectivity index (χ2n) is 8.45. The van der Waals surface area contributed by atoms with E-state index in [4.69, 9.17) is 23.2 Å². The summed E-state index contributed by atoms with van der Waals surface area (Å²) in [5, 5.41) is 3.56. The van der Waals surface area contributed by atoms with E-state index in [9.17, 15) is 9.59 Å². The lowest BCUT2D eigenvalue weighted by molar-refractivity contribution is -0.150. The monoisotopic (exact) mass is 408 g/mol. The van der Waals surface area contributed by atoms with E-state index in [1.807, 2.05) is 6.92 Å². The molecule has 0 aromatic heterocycles. The first-order valence-corrected chi connectivity index (χ1v) is 10.7. The van der Waals surface area contributed by atoms with Crippen LogP contribution in [-0.2, 0) is 9.59 Å². The molecule has 146 valence electrons. The lowest BCUT2D eigenvalue weighted by Gasteiger charge is -2.54. The number of anilines is 1. The van der Waals surface area contributed by atoms with Crippen molar-refractivity contribution in [3.05, 3.63) is 28.2 Å². The maximum Gasteiger partial charge on any atom is 0.244 e. The number of rotatable bonds is 5. The van der Waals surface area contributed by atoms with Crippen LogP contribution in [0.15, 0.2) is 18.2 Å². The highest BCUT2D eigenvalue weighted by atomic mass is 35.5. The van der Waals surface area contributed by atoms with Crippen molar-refractivity contribution in [2.24, 2.45) is 29.6 Å². The molecule has 1 aromatic carbocycles. The summed E-state index contributed by atoms with van der Waals surface area (Å²) >= 11 is 12.3. The summed E-state index contributed by atoms with van der Waals surface area (Å²) < 4.78 is 0. The molecule has 0 aliphatic heterocycles. The van der Waals surface area contributed by atoms with E-state index in [-0.39, 0.29) is 24.3 Å². The molecule has 4 aliphatic carbocycles. The summed E-state index contributed by atoms with van der Waals surface area (Å²) in [5.41, 5.74) is 0.406. The lowest BCUT2D eigenvalue weighted by Crippen LogP contribution is -2.52. The molecule has 4 saturated carbocycles. The summed E-state index contributed by atoms with van der Waals surface area (Å²) in [6.07, 6.45) is 6.15. The smallest absolute Gasteiger partial charge is 0.244 e. The van der Waals surface area contributed by atoms with Gasteiger partial charge in [0.05, 0.1) is 22.3 Å². The zero-order valence-electron chi connectivity index (χ0n) is 15.6. The molecule has 1 N–H and O–H groups in total. The van der Waals surface area contributed by atoms with Crippen LogP contribution >= 0.6 is 23.2 Å². The second-order valence-corrected chi connectivity index (χ2v) is 9.27. The molecule has 0 atom stereocenters. The molecule has 0 heterocycles. The average molecular weight is 409 g/mol. The molecular formula is C21H26Cl2N2O2. The first-order valence-electron chi connectivity index (χ1n) is 9.98. The first kappa shape index (κ1) is 19.1. The van der Waals surface area contributed by atoms with Crippen molar-refractivity contribution in [2.75, 3.05) is 18.4 Å². The van der Waals surface area contributed by atoms with Crippen LogP contribution in [0.4, 0.5) is 5.69 Å². The predicted octanol–water partition coefficient (Wildman–Crippen LogP) is 4.85. The van der Waals surface area contributed by atoms with Gasteiger partial charge in [-0.25, -0.2) is 0 Å². The van der Waals surface area contributed by atoms with E-state index in [0.29, 0.717) is 34.1 Å². The summed E-state index contributed by atoms with van der Waals surface area (Å²) in [7, 11) is 0. The zero-order valence-corrected chi connectivity index (χ0v) is 17.1. The van der Waals surface area contributed by atoms with Crippen LogP contribution in [0, 0.1) is 29.6 Å². The van der Waals surface area contributed by atoms with Crippen molar-refractivity contribution >= 4 is 40.7 Å². The van der Waals surface area contributed by atoms with Crippen LogP contribution in [0.5, 0.6) is 0 Å². The summed E-state index contributed by atoms with van der Waals surface area (Å²) in [5.74, 6) is 2.70. The van der Waals surface area contributed by atoms with E-state index in [0.717, 1.165) is 11.8 Å². The summed E-state index contributed by atoms with van der Waals surface area (Å²) in [6, 6.07) is 5.09. The standard InChI is InChI=1S/C21H26Cl2N2O2/c1-2-25(11-18(26)24-20-16(22)4-3-5-17(20)23)21(27)19-14-7-12-6-13(9-14)10-15(19)8-12/h3-5,12-15,19H,2,6-11H2,1H3,(H,24,26). The second kappa shape index (κ2) is 7.63. The Kier molecular flexibility index (Phi) is 5.39. The fourth-order valence-electron chi connectivity index (χ4n) is 5.85. The maximum atomic E-state index is 13.3. The fourth-order valence-corrected chi connectivity index (χ4v) is 6.35. The van der Waals surface area contributed by atoms with Crippen molar-refractivity contribution < 1.29 is 9.59 Å². The molecule has 2 amide bonds. The Bertz CT molecular complexity index is 703. The van der Waals surface area contributed by atoms with E-state index in [1.54, 1.807) is 23.1 Å². The van der Waals surface area contributed by atoms with Gasteiger partial charge >= 0.3 is 0 Å². The number of carbonyl (C=O) groups excluding carboxylic acids is 2. The number of hydrogen-bond donors (Lipinski definition) is 1. The van der Waals surface area contributed by atoms with Gasteiger partial charge in [0.2, 0.25) is 11.8 Å². The number of likely N-dealkylation sites (N-methyl/N-ethyl adjacent to an activating group) is 1. The van der Waals surface area contributed by atoms with Gasteiger partial charge in [0.15, 0.2) is 0 Å². The highest BCUT2D eigenvalue weighted by Crippen LogP contribution is 2.56. The van der Waals surface area contributed by atoms with Gasteiger partial charge in [-0.05, 0) is 74.8 Å². The molecular weight excluding hydrogens is 383 g/mol. The maximum absolute atomic E-state index is 13.3.